The normalized spacial score (nSPS) is 11.2. The molecule has 0 aliphatic rings. The van der Waals surface area contributed by atoms with Gasteiger partial charge in [0, 0.05) is 0 Å². The van der Waals surface area contributed by atoms with Gasteiger partial charge in [0.2, 0.25) is 5.89 Å². The smallest absolute Gasteiger partial charge is 0.348 e. The Balaban J connectivity index is 1.72. The number of oxazole rings is 1. The molecular formula is C19H17N3O4S2. The molecule has 0 aliphatic carbocycles. The van der Waals surface area contributed by atoms with Crippen LogP contribution in [-0.4, -0.2) is 27.1 Å². The van der Waals surface area contributed by atoms with Gasteiger partial charge in [-0.05, 0) is 37.8 Å². The maximum Gasteiger partial charge on any atom is 0.348 e. The van der Waals surface area contributed by atoms with Crippen LogP contribution < -0.4 is 5.56 Å². The summed E-state index contributed by atoms with van der Waals surface area (Å²) in [5, 5.41) is 2.40. The highest BCUT2D eigenvalue weighted by Gasteiger charge is 2.21. The molecule has 0 spiro atoms. The number of nitrogens with zero attached hydrogens (tertiary/aromatic N) is 3. The van der Waals surface area contributed by atoms with E-state index in [0.29, 0.717) is 38.0 Å². The molecule has 4 aromatic heterocycles. The van der Waals surface area contributed by atoms with E-state index in [0.717, 1.165) is 4.88 Å². The predicted octanol–water partition coefficient (Wildman–Crippen LogP) is 4.02. The predicted molar refractivity (Wildman–Crippen MR) is 108 cm³/mol. The minimum absolute atomic E-state index is 0.214. The number of carbonyl (C=O) groups excluding carboxylic acids is 1. The minimum Gasteiger partial charge on any atom is -0.462 e. The molecule has 0 amide bonds. The number of aromatic nitrogens is 3. The molecule has 0 N–H and O–H groups in total. The molecule has 144 valence electrons. The summed E-state index contributed by atoms with van der Waals surface area (Å²) in [7, 11) is 0. The maximum absolute atomic E-state index is 13.0. The zero-order chi connectivity index (χ0) is 19.8. The second-order valence-corrected chi connectivity index (χ2v) is 8.08. The van der Waals surface area contributed by atoms with Crippen molar-refractivity contribution < 1.29 is 13.9 Å². The van der Waals surface area contributed by atoms with E-state index in [2.05, 4.69) is 9.97 Å². The van der Waals surface area contributed by atoms with Gasteiger partial charge in [-0.2, -0.15) is 0 Å². The summed E-state index contributed by atoms with van der Waals surface area (Å²) in [6.07, 6.45) is 1.48. The fourth-order valence-corrected chi connectivity index (χ4v) is 4.59. The second kappa shape index (κ2) is 7.33. The zero-order valence-corrected chi connectivity index (χ0v) is 17.1. The van der Waals surface area contributed by atoms with Crippen molar-refractivity contribution in [2.45, 2.75) is 27.3 Å². The highest BCUT2D eigenvalue weighted by molar-refractivity contribution is 7.20. The van der Waals surface area contributed by atoms with E-state index in [1.165, 1.54) is 22.2 Å². The number of aryl methyl sites for hydroxylation is 2. The third-order valence-electron chi connectivity index (χ3n) is 4.32. The summed E-state index contributed by atoms with van der Waals surface area (Å²) in [6, 6.07) is 3.87. The zero-order valence-electron chi connectivity index (χ0n) is 15.5. The average molecular weight is 415 g/mol. The number of thiophene rings is 2. The van der Waals surface area contributed by atoms with Crippen molar-refractivity contribution in [3.63, 3.8) is 0 Å². The van der Waals surface area contributed by atoms with E-state index in [1.54, 1.807) is 25.2 Å². The average Bonchev–Trinajstić information content (AvgIpc) is 3.38. The minimum atomic E-state index is -0.429. The fraction of sp³-hybridized carbons (Fsp3) is 0.263. The Labute approximate surface area is 168 Å². The van der Waals surface area contributed by atoms with E-state index in [9.17, 15) is 9.59 Å². The van der Waals surface area contributed by atoms with Gasteiger partial charge in [-0.25, -0.2) is 14.8 Å². The molecule has 0 atom stereocenters. The Morgan fingerprint density at radius 1 is 1.36 bits per heavy atom. The Hall–Kier alpha value is -2.78. The van der Waals surface area contributed by atoms with Crippen LogP contribution in [0.4, 0.5) is 0 Å². The van der Waals surface area contributed by atoms with Crippen LogP contribution in [0.5, 0.6) is 0 Å². The van der Waals surface area contributed by atoms with Crippen molar-refractivity contribution in [1.29, 1.82) is 0 Å². The fourth-order valence-electron chi connectivity index (χ4n) is 2.90. The van der Waals surface area contributed by atoms with Gasteiger partial charge in [-0.15, -0.1) is 22.7 Å². The molecule has 0 unspecified atom stereocenters. The van der Waals surface area contributed by atoms with Gasteiger partial charge >= 0.3 is 5.97 Å². The van der Waals surface area contributed by atoms with Crippen LogP contribution in [0.2, 0.25) is 0 Å². The summed E-state index contributed by atoms with van der Waals surface area (Å²) in [5.41, 5.74) is 1.06. The lowest BCUT2D eigenvalue weighted by atomic mass is 10.2. The lowest BCUT2D eigenvalue weighted by molar-refractivity contribution is 0.0531. The third-order valence-corrected chi connectivity index (χ3v) is 6.36. The summed E-state index contributed by atoms with van der Waals surface area (Å²) in [6.45, 7) is 5.84. The number of hydrogen-bond acceptors (Lipinski definition) is 8. The molecule has 0 bridgehead atoms. The van der Waals surface area contributed by atoms with Crippen LogP contribution in [0, 0.1) is 13.8 Å². The van der Waals surface area contributed by atoms with Gasteiger partial charge in [0.1, 0.15) is 21.2 Å². The van der Waals surface area contributed by atoms with Crippen molar-refractivity contribution in [2.75, 3.05) is 6.61 Å². The Morgan fingerprint density at radius 2 is 2.18 bits per heavy atom. The van der Waals surface area contributed by atoms with E-state index >= 15 is 0 Å². The molecular weight excluding hydrogens is 398 g/mol. The van der Waals surface area contributed by atoms with Gasteiger partial charge in [-0.1, -0.05) is 6.07 Å². The topological polar surface area (TPSA) is 87.2 Å². The van der Waals surface area contributed by atoms with E-state index in [4.69, 9.17) is 9.15 Å². The van der Waals surface area contributed by atoms with Crippen molar-refractivity contribution >= 4 is 38.9 Å². The lowest BCUT2D eigenvalue weighted by Crippen LogP contribution is -2.21. The molecule has 7 nitrogen and oxygen atoms in total. The van der Waals surface area contributed by atoms with Crippen LogP contribution in [0.25, 0.3) is 21.0 Å². The standard InChI is InChI=1S/C19H17N3O4S2/c1-4-25-19(24)15-10(2)14-17(28-15)20-9-22(18(14)23)8-12-11(3)26-16(21-12)13-6-5-7-27-13/h5-7,9H,4,8H2,1-3H3. The lowest BCUT2D eigenvalue weighted by Gasteiger charge is -2.03. The highest BCUT2D eigenvalue weighted by Crippen LogP contribution is 2.28. The highest BCUT2D eigenvalue weighted by atomic mass is 32.1. The van der Waals surface area contributed by atoms with Crippen molar-refractivity contribution in [1.82, 2.24) is 14.5 Å². The van der Waals surface area contributed by atoms with Crippen molar-refractivity contribution in [3.8, 4) is 10.8 Å². The summed E-state index contributed by atoms with van der Waals surface area (Å²) in [5.74, 6) is 0.771. The van der Waals surface area contributed by atoms with Gasteiger partial charge in [0.05, 0.1) is 29.7 Å². The molecule has 28 heavy (non-hydrogen) atoms. The Morgan fingerprint density at radius 3 is 2.89 bits per heavy atom. The van der Waals surface area contributed by atoms with Crippen LogP contribution in [0.3, 0.4) is 0 Å². The van der Waals surface area contributed by atoms with E-state index in [-0.39, 0.29) is 18.7 Å². The molecule has 0 saturated heterocycles. The first kappa shape index (κ1) is 18.6. The van der Waals surface area contributed by atoms with Crippen molar-refractivity contribution in [2.24, 2.45) is 0 Å². The Kier molecular flexibility index (Phi) is 4.86. The van der Waals surface area contributed by atoms with Gasteiger partial charge < -0.3 is 9.15 Å². The Bertz CT molecular complexity index is 1220. The second-order valence-electron chi connectivity index (χ2n) is 6.13. The first-order valence-corrected chi connectivity index (χ1v) is 10.3. The molecule has 0 saturated carbocycles. The van der Waals surface area contributed by atoms with Gasteiger partial charge in [-0.3, -0.25) is 9.36 Å². The number of rotatable bonds is 5. The van der Waals surface area contributed by atoms with Crippen LogP contribution in [0.15, 0.2) is 33.1 Å². The number of ether oxygens (including phenoxy) is 1. The molecule has 0 radical (unpaired) electrons. The SMILES string of the molecule is CCOC(=O)c1sc2ncn(Cc3nc(-c4cccs4)oc3C)c(=O)c2c1C. The van der Waals surface area contributed by atoms with Gasteiger partial charge in [0.15, 0.2) is 0 Å². The molecule has 4 aromatic rings. The maximum atomic E-state index is 13.0. The van der Waals surface area contributed by atoms with Crippen molar-refractivity contribution in [3.05, 3.63) is 56.1 Å². The summed E-state index contributed by atoms with van der Waals surface area (Å²) >= 11 is 2.72. The first-order chi connectivity index (χ1) is 13.5. The molecule has 0 aliphatic heterocycles. The molecule has 9 heteroatoms. The number of esters is 1. The van der Waals surface area contributed by atoms with Crippen LogP contribution >= 0.6 is 22.7 Å². The van der Waals surface area contributed by atoms with E-state index < -0.39 is 5.97 Å². The van der Waals surface area contributed by atoms with Gasteiger partial charge in [0.25, 0.3) is 5.56 Å². The van der Waals surface area contributed by atoms with E-state index in [1.807, 2.05) is 24.4 Å². The quantitative estimate of drug-likeness (QED) is 0.458. The first-order valence-electron chi connectivity index (χ1n) is 8.65. The van der Waals surface area contributed by atoms with Crippen LogP contribution in [0.1, 0.15) is 33.6 Å². The number of hydrogen-bond donors (Lipinski definition) is 0. The molecule has 0 fully saturated rings. The number of fused-ring (bicyclic) bond motifs is 1. The number of carbonyl (C=O) groups is 1. The molecule has 4 rings (SSSR count). The third kappa shape index (κ3) is 3.16. The van der Waals surface area contributed by atoms with Crippen LogP contribution in [-0.2, 0) is 11.3 Å². The molecule has 4 heterocycles. The molecule has 0 aromatic carbocycles. The summed E-state index contributed by atoms with van der Waals surface area (Å²) in [4.78, 5) is 35.9. The summed E-state index contributed by atoms with van der Waals surface area (Å²) < 4.78 is 12.3. The monoisotopic (exact) mass is 415 g/mol. The largest absolute Gasteiger partial charge is 0.462 e.